The van der Waals surface area contributed by atoms with Crippen molar-refractivity contribution in [1.29, 1.82) is 0 Å². The summed E-state index contributed by atoms with van der Waals surface area (Å²) in [6.45, 7) is 3.97. The molecule has 4 heterocycles. The molecule has 4 aliphatic rings. The summed E-state index contributed by atoms with van der Waals surface area (Å²) < 4.78 is 27.2. The van der Waals surface area contributed by atoms with Crippen molar-refractivity contribution in [3.63, 3.8) is 0 Å². The second kappa shape index (κ2) is 6.12. The molecule has 1 spiro atoms. The molecule has 1 aromatic heterocycles. The van der Waals surface area contributed by atoms with Crippen molar-refractivity contribution in [3.05, 3.63) is 23.1 Å². The Morgan fingerprint density at radius 3 is 2.74 bits per heavy atom. The Labute approximate surface area is 177 Å². The number of carbonyl (C=O) groups is 3. The SMILES string of the molecule is C[C@@H]1CN2c3c(cc4c(C5CC5)noc4c3F)CC3(C(=O)CC(=O)NC3=O)[C@H]2[C@H](C)O1. The number of amides is 2. The standard InChI is InChI=1S/C22H22FN3O5/c1-9-8-26-18-12(5-13-17(11-3-4-11)25-31-19(13)16(18)23)7-22(20(26)10(2)30-9)14(27)6-15(28)24-21(22)29/h5,9-11,20H,3-4,6-8H2,1-2H3,(H,24,28,29)/t9-,10+,20-,22?/m1/s1. The maximum atomic E-state index is 15.8. The fourth-order valence-corrected chi connectivity index (χ4v) is 5.82. The third-order valence-corrected chi connectivity index (χ3v) is 7.17. The van der Waals surface area contributed by atoms with Crippen LogP contribution >= 0.6 is 0 Å². The van der Waals surface area contributed by atoms with E-state index in [0.29, 0.717) is 23.2 Å². The lowest BCUT2D eigenvalue weighted by molar-refractivity contribution is -0.158. The highest BCUT2D eigenvalue weighted by Gasteiger charge is 2.62. The number of ketones is 1. The highest BCUT2D eigenvalue weighted by Crippen LogP contribution is 2.51. The van der Waals surface area contributed by atoms with E-state index in [4.69, 9.17) is 9.26 Å². The Balaban J connectivity index is 1.61. The van der Waals surface area contributed by atoms with Gasteiger partial charge in [-0.15, -0.1) is 0 Å². The molecular formula is C22H22FN3O5. The fraction of sp³-hybridized carbons (Fsp3) is 0.545. The van der Waals surface area contributed by atoms with Crippen molar-refractivity contribution in [2.24, 2.45) is 5.41 Å². The van der Waals surface area contributed by atoms with Gasteiger partial charge in [-0.1, -0.05) is 5.16 Å². The normalized spacial score (nSPS) is 32.9. The van der Waals surface area contributed by atoms with Crippen LogP contribution in [0.25, 0.3) is 11.0 Å². The molecule has 8 nitrogen and oxygen atoms in total. The number of carbonyl (C=O) groups excluding carboxylic acids is 3. The highest BCUT2D eigenvalue weighted by atomic mass is 19.1. The van der Waals surface area contributed by atoms with Gasteiger partial charge in [-0.2, -0.15) is 0 Å². The van der Waals surface area contributed by atoms with Crippen molar-refractivity contribution in [2.45, 2.75) is 63.7 Å². The molecule has 0 bridgehead atoms. The minimum atomic E-state index is -1.52. The first-order valence-electron chi connectivity index (χ1n) is 10.7. The first-order valence-corrected chi connectivity index (χ1v) is 10.7. The Morgan fingerprint density at radius 2 is 2.03 bits per heavy atom. The van der Waals surface area contributed by atoms with Crippen LogP contribution in [0.5, 0.6) is 0 Å². The predicted octanol–water partition coefficient (Wildman–Crippen LogP) is 1.98. The lowest BCUT2D eigenvalue weighted by atomic mass is 9.63. The molecule has 1 N–H and O–H groups in total. The molecule has 1 aromatic carbocycles. The van der Waals surface area contributed by atoms with Crippen LogP contribution in [0.3, 0.4) is 0 Å². The largest absolute Gasteiger partial charge is 0.372 e. The van der Waals surface area contributed by atoms with Crippen LogP contribution < -0.4 is 10.2 Å². The van der Waals surface area contributed by atoms with E-state index in [9.17, 15) is 14.4 Å². The average Bonchev–Trinajstić information content (AvgIpc) is 3.44. The van der Waals surface area contributed by atoms with Gasteiger partial charge in [-0.3, -0.25) is 19.7 Å². The zero-order valence-corrected chi connectivity index (χ0v) is 17.2. The van der Waals surface area contributed by atoms with E-state index in [-0.39, 0.29) is 30.4 Å². The molecule has 9 heteroatoms. The van der Waals surface area contributed by atoms with Gasteiger partial charge >= 0.3 is 0 Å². The van der Waals surface area contributed by atoms with Crippen LogP contribution in [0.4, 0.5) is 10.1 Å². The van der Waals surface area contributed by atoms with E-state index >= 15 is 4.39 Å². The molecule has 0 radical (unpaired) electrons. The zero-order valence-electron chi connectivity index (χ0n) is 17.2. The second-order valence-electron chi connectivity index (χ2n) is 9.29. The molecule has 2 aromatic rings. The predicted molar refractivity (Wildman–Crippen MR) is 106 cm³/mol. The summed E-state index contributed by atoms with van der Waals surface area (Å²) >= 11 is 0. The molecular weight excluding hydrogens is 405 g/mol. The van der Waals surface area contributed by atoms with E-state index in [2.05, 4.69) is 10.5 Å². The summed E-state index contributed by atoms with van der Waals surface area (Å²) in [5.41, 5.74) is 0.215. The number of nitrogens with zero attached hydrogens (tertiary/aromatic N) is 2. The Hall–Kier alpha value is -2.81. The molecule has 1 saturated carbocycles. The van der Waals surface area contributed by atoms with Crippen LogP contribution in [0.2, 0.25) is 0 Å². The van der Waals surface area contributed by atoms with Crippen LogP contribution in [-0.2, 0) is 25.5 Å². The van der Waals surface area contributed by atoms with Crippen LogP contribution in [0.1, 0.15) is 50.3 Å². The number of ether oxygens (including phenoxy) is 1. The van der Waals surface area contributed by atoms with Crippen LogP contribution in [0, 0.1) is 11.2 Å². The van der Waals surface area contributed by atoms with Gasteiger partial charge in [0.05, 0.1) is 36.1 Å². The van der Waals surface area contributed by atoms with Gasteiger partial charge in [-0.25, -0.2) is 4.39 Å². The number of imide groups is 1. The van der Waals surface area contributed by atoms with Gasteiger partial charge < -0.3 is 14.2 Å². The van der Waals surface area contributed by atoms with Crippen molar-refractivity contribution in [3.8, 4) is 0 Å². The number of morpholine rings is 1. The van der Waals surface area contributed by atoms with E-state index < -0.39 is 41.0 Å². The number of rotatable bonds is 1. The second-order valence-corrected chi connectivity index (χ2v) is 9.29. The van der Waals surface area contributed by atoms with Crippen molar-refractivity contribution < 1.29 is 28.0 Å². The molecule has 31 heavy (non-hydrogen) atoms. The molecule has 1 aliphatic carbocycles. The van der Waals surface area contributed by atoms with Gasteiger partial charge in [0.25, 0.3) is 0 Å². The third kappa shape index (κ3) is 2.43. The molecule has 3 fully saturated rings. The van der Waals surface area contributed by atoms with Gasteiger partial charge in [-0.05, 0) is 44.7 Å². The average molecular weight is 427 g/mol. The number of Topliss-reactive ketones (excluding diaryl/α,β-unsaturated/α-hetero) is 1. The molecule has 2 saturated heterocycles. The number of piperidine rings is 1. The smallest absolute Gasteiger partial charge is 0.242 e. The summed E-state index contributed by atoms with van der Waals surface area (Å²) in [5, 5.41) is 7.06. The summed E-state index contributed by atoms with van der Waals surface area (Å²) in [7, 11) is 0. The number of benzene rings is 1. The van der Waals surface area contributed by atoms with E-state index in [1.807, 2.05) is 13.0 Å². The maximum Gasteiger partial charge on any atom is 0.242 e. The highest BCUT2D eigenvalue weighted by molar-refractivity contribution is 6.22. The summed E-state index contributed by atoms with van der Waals surface area (Å²) in [6.07, 6.45) is 0.836. The minimum Gasteiger partial charge on any atom is -0.372 e. The van der Waals surface area contributed by atoms with Crippen LogP contribution in [-0.4, -0.2) is 47.5 Å². The van der Waals surface area contributed by atoms with Crippen LogP contribution in [0.15, 0.2) is 10.6 Å². The topological polar surface area (TPSA) is 102 Å². The zero-order chi connectivity index (χ0) is 21.7. The summed E-state index contributed by atoms with van der Waals surface area (Å²) in [5.74, 6) is -1.95. The number of fused-ring (bicyclic) bond motifs is 5. The molecule has 6 rings (SSSR count). The Kier molecular flexibility index (Phi) is 3.74. The third-order valence-electron chi connectivity index (χ3n) is 7.17. The van der Waals surface area contributed by atoms with Crippen molar-refractivity contribution in [2.75, 3.05) is 11.4 Å². The number of halogens is 1. The van der Waals surface area contributed by atoms with Crippen molar-refractivity contribution in [1.82, 2.24) is 10.5 Å². The molecule has 3 aliphatic heterocycles. The lowest BCUT2D eigenvalue weighted by Gasteiger charge is -2.55. The lowest BCUT2D eigenvalue weighted by Crippen LogP contribution is -2.72. The fourth-order valence-electron chi connectivity index (χ4n) is 5.82. The van der Waals surface area contributed by atoms with Gasteiger partial charge in [0.15, 0.2) is 11.6 Å². The minimum absolute atomic E-state index is 0.00563. The number of aromatic nitrogens is 1. The van der Waals surface area contributed by atoms with E-state index in [1.165, 1.54) is 0 Å². The molecule has 2 amide bonds. The monoisotopic (exact) mass is 427 g/mol. The Morgan fingerprint density at radius 1 is 1.26 bits per heavy atom. The molecule has 1 unspecified atom stereocenters. The maximum absolute atomic E-state index is 15.8. The number of hydrogen-bond acceptors (Lipinski definition) is 7. The van der Waals surface area contributed by atoms with Gasteiger partial charge in [0.2, 0.25) is 17.4 Å². The quantitative estimate of drug-likeness (QED) is 0.549. The van der Waals surface area contributed by atoms with E-state index in [0.717, 1.165) is 18.5 Å². The summed E-state index contributed by atoms with van der Waals surface area (Å²) in [4.78, 5) is 40.2. The number of hydrogen-bond donors (Lipinski definition) is 1. The van der Waals surface area contributed by atoms with E-state index in [1.54, 1.807) is 11.8 Å². The number of nitrogens with one attached hydrogen (secondary N) is 1. The first-order chi connectivity index (χ1) is 14.8. The van der Waals surface area contributed by atoms with Gasteiger partial charge in [0, 0.05) is 17.8 Å². The van der Waals surface area contributed by atoms with Gasteiger partial charge in [0.1, 0.15) is 5.41 Å². The Bertz CT molecular complexity index is 1150. The molecule has 162 valence electrons. The number of anilines is 1. The molecule has 4 atom stereocenters. The first kappa shape index (κ1) is 18.9. The van der Waals surface area contributed by atoms with Crippen molar-refractivity contribution >= 4 is 34.3 Å². The summed E-state index contributed by atoms with van der Waals surface area (Å²) in [6, 6.07) is 1.09.